The van der Waals surface area contributed by atoms with Gasteiger partial charge in [0.25, 0.3) is 0 Å². The van der Waals surface area contributed by atoms with E-state index in [1.165, 1.54) is 38.2 Å². The highest BCUT2D eigenvalue weighted by Gasteiger charge is 2.29. The number of hydrogen-bond donors (Lipinski definition) is 1. The van der Waals surface area contributed by atoms with E-state index in [0.29, 0.717) is 0 Å². The van der Waals surface area contributed by atoms with Gasteiger partial charge in [0.1, 0.15) is 0 Å². The minimum absolute atomic E-state index is 0.885. The lowest BCUT2D eigenvalue weighted by Gasteiger charge is -2.41. The van der Waals surface area contributed by atoms with Gasteiger partial charge in [0.05, 0.1) is 0 Å². The zero-order chi connectivity index (χ0) is 10.8. The monoisotopic (exact) mass is 216 g/mol. The van der Waals surface area contributed by atoms with Crippen molar-refractivity contribution >= 4 is 0 Å². The van der Waals surface area contributed by atoms with E-state index in [0.717, 1.165) is 18.4 Å². The number of benzene rings is 1. The standard InChI is InChI=1S/C14H20N2/c1-2-4-12(5-3-1)9-16-10-13-6-14(11-16)8-15-7-13/h1-5,13-15H,6-11H2/t13-,14-/m0/s1. The van der Waals surface area contributed by atoms with E-state index >= 15 is 0 Å². The first kappa shape index (κ1) is 10.3. The minimum Gasteiger partial charge on any atom is -0.316 e. The van der Waals surface area contributed by atoms with Crippen molar-refractivity contribution in [2.75, 3.05) is 26.2 Å². The molecule has 2 aliphatic heterocycles. The van der Waals surface area contributed by atoms with Gasteiger partial charge >= 0.3 is 0 Å². The number of piperidine rings is 2. The molecule has 2 saturated heterocycles. The second kappa shape index (κ2) is 4.56. The third-order valence-corrected chi connectivity index (χ3v) is 3.81. The first-order valence-electron chi connectivity index (χ1n) is 6.37. The molecule has 1 aromatic rings. The molecule has 86 valence electrons. The molecule has 2 nitrogen and oxygen atoms in total. The molecule has 2 heteroatoms. The van der Waals surface area contributed by atoms with Gasteiger partial charge in [-0.25, -0.2) is 0 Å². The average Bonchev–Trinajstić information content (AvgIpc) is 2.30. The molecular formula is C14H20N2. The van der Waals surface area contributed by atoms with Crippen LogP contribution in [0.3, 0.4) is 0 Å². The van der Waals surface area contributed by atoms with Crippen LogP contribution in [0.5, 0.6) is 0 Å². The van der Waals surface area contributed by atoms with Crippen molar-refractivity contribution in [3.8, 4) is 0 Å². The minimum atomic E-state index is 0.885. The fourth-order valence-electron chi connectivity index (χ4n) is 3.18. The van der Waals surface area contributed by atoms with Crippen LogP contribution >= 0.6 is 0 Å². The van der Waals surface area contributed by atoms with E-state index < -0.39 is 0 Å². The summed E-state index contributed by atoms with van der Waals surface area (Å²) >= 11 is 0. The molecule has 2 aliphatic rings. The first-order valence-corrected chi connectivity index (χ1v) is 6.37. The van der Waals surface area contributed by atoms with Crippen LogP contribution in [-0.2, 0) is 6.54 Å². The Labute approximate surface area is 97.6 Å². The van der Waals surface area contributed by atoms with Crippen molar-refractivity contribution in [1.29, 1.82) is 0 Å². The smallest absolute Gasteiger partial charge is 0.0233 e. The summed E-state index contributed by atoms with van der Waals surface area (Å²) in [5, 5.41) is 3.54. The fourth-order valence-corrected chi connectivity index (χ4v) is 3.18. The molecule has 2 atom stereocenters. The van der Waals surface area contributed by atoms with Gasteiger partial charge in [-0.2, -0.15) is 0 Å². The average molecular weight is 216 g/mol. The lowest BCUT2D eigenvalue weighted by atomic mass is 9.86. The molecule has 1 N–H and O–H groups in total. The number of rotatable bonds is 2. The Hall–Kier alpha value is -0.860. The molecule has 2 heterocycles. The van der Waals surface area contributed by atoms with Crippen molar-refractivity contribution in [1.82, 2.24) is 10.2 Å². The van der Waals surface area contributed by atoms with Crippen LogP contribution in [0.15, 0.2) is 30.3 Å². The van der Waals surface area contributed by atoms with E-state index in [9.17, 15) is 0 Å². The molecule has 0 radical (unpaired) electrons. The molecule has 3 rings (SSSR count). The van der Waals surface area contributed by atoms with Gasteiger partial charge in [-0.1, -0.05) is 30.3 Å². The predicted molar refractivity (Wildman–Crippen MR) is 66.2 cm³/mol. The summed E-state index contributed by atoms with van der Waals surface area (Å²) in [6, 6.07) is 10.9. The molecule has 16 heavy (non-hydrogen) atoms. The highest BCUT2D eigenvalue weighted by atomic mass is 15.2. The lowest BCUT2D eigenvalue weighted by Crippen LogP contribution is -2.50. The number of likely N-dealkylation sites (tertiary alicyclic amines) is 1. The predicted octanol–water partition coefficient (Wildman–Crippen LogP) is 1.73. The summed E-state index contributed by atoms with van der Waals surface area (Å²) in [6.07, 6.45) is 1.44. The summed E-state index contributed by atoms with van der Waals surface area (Å²) in [7, 11) is 0. The third-order valence-electron chi connectivity index (χ3n) is 3.81. The van der Waals surface area contributed by atoms with Crippen molar-refractivity contribution in [3.05, 3.63) is 35.9 Å². The molecule has 1 aromatic carbocycles. The van der Waals surface area contributed by atoms with E-state index in [1.54, 1.807) is 0 Å². The number of hydrogen-bond acceptors (Lipinski definition) is 2. The molecule has 0 saturated carbocycles. The SMILES string of the molecule is c1ccc(CN2C[C@@H]3CNC[C@H](C3)C2)cc1. The zero-order valence-electron chi connectivity index (χ0n) is 9.73. The van der Waals surface area contributed by atoms with E-state index in [4.69, 9.17) is 0 Å². The maximum atomic E-state index is 3.54. The summed E-state index contributed by atoms with van der Waals surface area (Å²) in [5.41, 5.74) is 1.45. The second-order valence-corrected chi connectivity index (χ2v) is 5.31. The molecule has 0 spiro atoms. The van der Waals surface area contributed by atoms with Gasteiger partial charge in [-0.3, -0.25) is 4.90 Å². The van der Waals surface area contributed by atoms with Crippen LogP contribution in [0.4, 0.5) is 0 Å². The normalized spacial score (nSPS) is 30.2. The maximum Gasteiger partial charge on any atom is 0.0233 e. The van der Waals surface area contributed by atoms with Gasteiger partial charge in [-0.05, 0) is 36.9 Å². The van der Waals surface area contributed by atoms with E-state index in [2.05, 4.69) is 40.5 Å². The van der Waals surface area contributed by atoms with Crippen molar-refractivity contribution < 1.29 is 0 Å². The number of nitrogens with one attached hydrogen (secondary N) is 1. The lowest BCUT2D eigenvalue weighted by molar-refractivity contribution is 0.0917. The fraction of sp³-hybridized carbons (Fsp3) is 0.571. The van der Waals surface area contributed by atoms with E-state index in [-0.39, 0.29) is 0 Å². The Bertz CT molecular complexity index is 324. The summed E-state index contributed by atoms with van der Waals surface area (Å²) in [5.74, 6) is 1.77. The summed E-state index contributed by atoms with van der Waals surface area (Å²) in [6.45, 7) is 6.13. The number of fused-ring (bicyclic) bond motifs is 2. The first-order chi connectivity index (χ1) is 7.90. The van der Waals surface area contributed by atoms with Gasteiger partial charge in [-0.15, -0.1) is 0 Å². The highest BCUT2D eigenvalue weighted by molar-refractivity contribution is 5.14. The molecule has 0 aromatic heterocycles. The number of nitrogens with zero attached hydrogens (tertiary/aromatic N) is 1. The Morgan fingerprint density at radius 3 is 2.44 bits per heavy atom. The Balaban J connectivity index is 1.63. The molecule has 2 bridgehead atoms. The molecular weight excluding hydrogens is 196 g/mol. The van der Waals surface area contributed by atoms with Gasteiger partial charge < -0.3 is 5.32 Å². The largest absolute Gasteiger partial charge is 0.316 e. The Morgan fingerprint density at radius 1 is 1.06 bits per heavy atom. The third kappa shape index (κ3) is 2.28. The van der Waals surface area contributed by atoms with Crippen LogP contribution in [-0.4, -0.2) is 31.1 Å². The molecule has 0 aliphatic carbocycles. The van der Waals surface area contributed by atoms with Crippen LogP contribution in [0.25, 0.3) is 0 Å². The Kier molecular flexibility index (Phi) is 2.94. The van der Waals surface area contributed by atoms with Crippen molar-refractivity contribution in [3.63, 3.8) is 0 Å². The topological polar surface area (TPSA) is 15.3 Å². The summed E-state index contributed by atoms with van der Waals surface area (Å²) in [4.78, 5) is 2.63. The van der Waals surface area contributed by atoms with Gasteiger partial charge in [0.15, 0.2) is 0 Å². The Morgan fingerprint density at radius 2 is 1.75 bits per heavy atom. The van der Waals surface area contributed by atoms with Gasteiger partial charge in [0, 0.05) is 19.6 Å². The van der Waals surface area contributed by atoms with Gasteiger partial charge in [0.2, 0.25) is 0 Å². The maximum absolute atomic E-state index is 3.54. The molecule has 0 unspecified atom stereocenters. The van der Waals surface area contributed by atoms with Crippen LogP contribution < -0.4 is 5.32 Å². The van der Waals surface area contributed by atoms with Crippen LogP contribution in [0, 0.1) is 11.8 Å². The highest BCUT2D eigenvalue weighted by Crippen LogP contribution is 2.25. The van der Waals surface area contributed by atoms with E-state index in [1.807, 2.05) is 0 Å². The van der Waals surface area contributed by atoms with Crippen molar-refractivity contribution in [2.45, 2.75) is 13.0 Å². The molecule has 2 fully saturated rings. The van der Waals surface area contributed by atoms with Crippen LogP contribution in [0.1, 0.15) is 12.0 Å². The summed E-state index contributed by atoms with van der Waals surface area (Å²) < 4.78 is 0. The molecule has 0 amide bonds. The van der Waals surface area contributed by atoms with Crippen LogP contribution in [0.2, 0.25) is 0 Å². The zero-order valence-corrected chi connectivity index (χ0v) is 9.73. The van der Waals surface area contributed by atoms with Crippen molar-refractivity contribution in [2.24, 2.45) is 11.8 Å². The quantitative estimate of drug-likeness (QED) is 0.810. The second-order valence-electron chi connectivity index (χ2n) is 5.31.